The van der Waals surface area contributed by atoms with Crippen LogP contribution >= 0.6 is 11.6 Å². The van der Waals surface area contributed by atoms with Crippen LogP contribution in [0.25, 0.3) is 0 Å². The molecule has 8 heteroatoms. The van der Waals surface area contributed by atoms with E-state index in [2.05, 4.69) is 4.99 Å². The fourth-order valence-electron chi connectivity index (χ4n) is 2.66. The van der Waals surface area contributed by atoms with Gasteiger partial charge in [-0.15, -0.1) is 0 Å². The van der Waals surface area contributed by atoms with Crippen molar-refractivity contribution in [1.82, 2.24) is 4.57 Å². The largest absolute Gasteiger partial charge is 0.504 e. The number of rotatable bonds is 1. The third-order valence-corrected chi connectivity index (χ3v) is 4.09. The first-order valence-electron chi connectivity index (χ1n) is 7.19. The molecular weight excluding hydrogens is 345 g/mol. The number of halogens is 4. The molecular formula is C16H14ClF3N2O2. The van der Waals surface area contributed by atoms with Gasteiger partial charge in [0.1, 0.15) is 5.75 Å². The number of aromatic nitrogens is 1. The number of para-hydroxylation sites is 1. The first kappa shape index (κ1) is 16.7. The average Bonchev–Trinajstić information content (AvgIpc) is 2.50. The first-order chi connectivity index (χ1) is 11.3. The zero-order chi connectivity index (χ0) is 17.5. The molecule has 1 N–H and O–H groups in total. The Morgan fingerprint density at radius 1 is 1.38 bits per heavy atom. The summed E-state index contributed by atoms with van der Waals surface area (Å²) in [5.41, 5.74) is -0.120. The van der Waals surface area contributed by atoms with Crippen molar-refractivity contribution in [2.75, 3.05) is 6.61 Å². The van der Waals surface area contributed by atoms with Gasteiger partial charge in [-0.2, -0.15) is 13.2 Å². The zero-order valence-corrected chi connectivity index (χ0v) is 13.4. The predicted molar refractivity (Wildman–Crippen MR) is 81.9 cm³/mol. The summed E-state index contributed by atoms with van der Waals surface area (Å²) in [7, 11) is 1.41. The molecule has 0 amide bonds. The van der Waals surface area contributed by atoms with Gasteiger partial charge in [0.15, 0.2) is 11.2 Å². The van der Waals surface area contributed by atoms with Gasteiger partial charge in [-0.25, -0.2) is 0 Å². The van der Waals surface area contributed by atoms with Crippen LogP contribution in [0.4, 0.5) is 13.2 Å². The van der Waals surface area contributed by atoms with E-state index in [0.29, 0.717) is 29.9 Å². The third-order valence-electron chi connectivity index (χ3n) is 3.79. The molecule has 0 aliphatic carbocycles. The molecule has 0 saturated carbocycles. The van der Waals surface area contributed by atoms with Crippen LogP contribution in [0.2, 0.25) is 5.02 Å². The lowest BCUT2D eigenvalue weighted by Crippen LogP contribution is -2.23. The Hall–Kier alpha value is -2.15. The number of benzene rings is 1. The molecule has 1 atom stereocenters. The number of aromatic hydroxyl groups is 1. The summed E-state index contributed by atoms with van der Waals surface area (Å²) in [5, 5.41) is 10.4. The normalized spacial score (nSPS) is 18.2. The van der Waals surface area contributed by atoms with Crippen molar-refractivity contribution in [3.63, 3.8) is 0 Å². The number of hydrogen-bond donors (Lipinski definition) is 1. The molecule has 1 unspecified atom stereocenters. The summed E-state index contributed by atoms with van der Waals surface area (Å²) >= 11 is 6.10. The van der Waals surface area contributed by atoms with Crippen molar-refractivity contribution >= 4 is 11.6 Å². The zero-order valence-electron chi connectivity index (χ0n) is 12.6. The summed E-state index contributed by atoms with van der Waals surface area (Å²) in [6, 6.07) is 5.57. The maximum Gasteiger partial charge on any atom is 0.417 e. The molecule has 2 aromatic rings. The maximum atomic E-state index is 12.8. The van der Waals surface area contributed by atoms with Crippen molar-refractivity contribution in [3.05, 3.63) is 52.1 Å². The van der Waals surface area contributed by atoms with Crippen molar-refractivity contribution in [2.24, 2.45) is 12.0 Å². The number of nitrogens with zero attached hydrogens (tertiary/aromatic N) is 2. The highest BCUT2D eigenvalue weighted by atomic mass is 35.5. The molecule has 0 fully saturated rings. The average molecular weight is 359 g/mol. The third kappa shape index (κ3) is 3.08. The number of hydrogen-bond acceptors (Lipinski definition) is 3. The minimum atomic E-state index is -4.54. The Bertz CT molecular complexity index is 820. The monoisotopic (exact) mass is 358 g/mol. The molecule has 4 nitrogen and oxygen atoms in total. The van der Waals surface area contributed by atoms with E-state index in [9.17, 15) is 18.3 Å². The van der Waals surface area contributed by atoms with Crippen LogP contribution in [0.5, 0.6) is 11.5 Å². The van der Waals surface area contributed by atoms with Crippen LogP contribution in [0.1, 0.15) is 23.6 Å². The van der Waals surface area contributed by atoms with Gasteiger partial charge < -0.3 is 14.4 Å². The van der Waals surface area contributed by atoms with E-state index in [-0.39, 0.29) is 11.5 Å². The molecule has 0 spiro atoms. The Balaban J connectivity index is 2.10. The molecule has 0 saturated heterocycles. The lowest BCUT2D eigenvalue weighted by atomic mass is 10.0. The van der Waals surface area contributed by atoms with Gasteiger partial charge >= 0.3 is 6.18 Å². The van der Waals surface area contributed by atoms with Crippen LogP contribution in [0.3, 0.4) is 0 Å². The lowest BCUT2D eigenvalue weighted by Gasteiger charge is -2.24. The Morgan fingerprint density at radius 3 is 2.79 bits per heavy atom. The molecule has 2 heterocycles. The number of pyridine rings is 1. The van der Waals surface area contributed by atoms with Gasteiger partial charge in [0.25, 0.3) is 0 Å². The van der Waals surface area contributed by atoms with Gasteiger partial charge in [-0.05, 0) is 12.1 Å². The molecule has 1 aliphatic heterocycles. The van der Waals surface area contributed by atoms with E-state index < -0.39 is 17.5 Å². The summed E-state index contributed by atoms with van der Waals surface area (Å²) < 4.78 is 45.1. The van der Waals surface area contributed by atoms with Gasteiger partial charge in [0.2, 0.25) is 0 Å². The van der Waals surface area contributed by atoms with Crippen LogP contribution < -0.4 is 10.2 Å². The van der Waals surface area contributed by atoms with E-state index in [4.69, 9.17) is 16.3 Å². The molecule has 1 aliphatic rings. The standard InChI is InChI=1S/C16H14ClF3N2O2/c1-22-8-9(16(18,19)20)7-13(23)15(22)21-12-5-6-24-14-10(12)3-2-4-11(14)17/h2-4,7-8,12,23H,5-6H2,1H3. The number of aryl methyl sites for hydroxylation is 1. The molecule has 0 bridgehead atoms. The summed E-state index contributed by atoms with van der Waals surface area (Å²) in [4.78, 5) is 4.43. The minimum absolute atomic E-state index is 0.0702. The molecule has 3 rings (SSSR count). The second kappa shape index (κ2) is 6.05. The smallest absolute Gasteiger partial charge is 0.417 e. The van der Waals surface area contributed by atoms with E-state index in [1.165, 1.54) is 7.05 Å². The van der Waals surface area contributed by atoms with Crippen molar-refractivity contribution in [3.8, 4) is 11.5 Å². The number of ether oxygens (including phenoxy) is 1. The maximum absolute atomic E-state index is 12.8. The van der Waals surface area contributed by atoms with E-state index in [1.807, 2.05) is 0 Å². The van der Waals surface area contributed by atoms with Crippen molar-refractivity contribution in [2.45, 2.75) is 18.6 Å². The van der Waals surface area contributed by atoms with Crippen LogP contribution in [0, 0.1) is 0 Å². The van der Waals surface area contributed by atoms with Gasteiger partial charge in [0.05, 0.1) is 23.2 Å². The lowest BCUT2D eigenvalue weighted by molar-refractivity contribution is -0.138. The second-order valence-corrected chi connectivity index (χ2v) is 5.89. The summed E-state index contributed by atoms with van der Waals surface area (Å²) in [6.07, 6.45) is -3.10. The van der Waals surface area contributed by atoms with Gasteiger partial charge in [0, 0.05) is 25.2 Å². The van der Waals surface area contributed by atoms with Crippen molar-refractivity contribution in [1.29, 1.82) is 0 Å². The van der Waals surface area contributed by atoms with Crippen molar-refractivity contribution < 1.29 is 23.0 Å². The summed E-state index contributed by atoms with van der Waals surface area (Å²) in [6.45, 7) is 0.385. The molecule has 1 aromatic carbocycles. The molecule has 0 radical (unpaired) electrons. The topological polar surface area (TPSA) is 46.8 Å². The van der Waals surface area contributed by atoms with Crippen LogP contribution in [-0.4, -0.2) is 16.3 Å². The van der Waals surface area contributed by atoms with E-state index in [1.54, 1.807) is 18.2 Å². The Morgan fingerprint density at radius 2 is 2.12 bits per heavy atom. The van der Waals surface area contributed by atoms with E-state index >= 15 is 0 Å². The number of alkyl halides is 3. The fourth-order valence-corrected chi connectivity index (χ4v) is 2.90. The minimum Gasteiger partial charge on any atom is -0.504 e. The van der Waals surface area contributed by atoms with Gasteiger partial charge in [-0.3, -0.25) is 4.99 Å². The Kier molecular flexibility index (Phi) is 4.21. The fraction of sp³-hybridized carbons (Fsp3) is 0.312. The highest BCUT2D eigenvalue weighted by Crippen LogP contribution is 2.39. The quantitative estimate of drug-likeness (QED) is 0.842. The highest BCUT2D eigenvalue weighted by Gasteiger charge is 2.32. The van der Waals surface area contributed by atoms with Gasteiger partial charge in [-0.1, -0.05) is 23.7 Å². The SMILES string of the molecule is Cn1cc(C(F)(F)F)cc(O)c1=NC1CCOc2c(Cl)cccc21. The van der Waals surface area contributed by atoms with E-state index in [0.717, 1.165) is 16.3 Å². The number of fused-ring (bicyclic) bond motifs is 1. The summed E-state index contributed by atoms with van der Waals surface area (Å²) in [5.74, 6) is -0.00406. The first-order valence-corrected chi connectivity index (χ1v) is 7.57. The van der Waals surface area contributed by atoms with Crippen LogP contribution in [-0.2, 0) is 13.2 Å². The predicted octanol–water partition coefficient (Wildman–Crippen LogP) is 3.83. The Labute approximate surface area is 140 Å². The molecule has 128 valence electrons. The second-order valence-electron chi connectivity index (χ2n) is 5.49. The highest BCUT2D eigenvalue weighted by molar-refractivity contribution is 6.32. The molecule has 1 aromatic heterocycles. The van der Waals surface area contributed by atoms with Crippen LogP contribution in [0.15, 0.2) is 35.5 Å². The molecule has 24 heavy (non-hydrogen) atoms.